The van der Waals surface area contributed by atoms with Gasteiger partial charge in [0, 0.05) is 0 Å². The number of nitrogens with two attached hydrogens (primary N) is 3. The summed E-state index contributed by atoms with van der Waals surface area (Å²) in [5.74, 6) is -4.92. The lowest BCUT2D eigenvalue weighted by Gasteiger charge is -2.29. The first-order valence-electron chi connectivity index (χ1n) is 14.9. The number of hydrogen-bond acceptors (Lipinski definition) is 9. The molecule has 248 valence electrons. The van der Waals surface area contributed by atoms with E-state index >= 15 is 0 Å². The number of aliphatic hydroxyl groups is 1. The van der Waals surface area contributed by atoms with Crippen molar-refractivity contribution in [3.63, 3.8) is 0 Å². The monoisotopic (exact) mass is 614 g/mol. The summed E-state index contributed by atoms with van der Waals surface area (Å²) in [6.45, 7) is 11.6. The molecule has 0 saturated carbocycles. The zero-order valence-electron chi connectivity index (χ0n) is 26.6. The number of amides is 6. The number of primary amides is 1. The van der Waals surface area contributed by atoms with Crippen molar-refractivity contribution in [2.24, 2.45) is 35.0 Å². The Morgan fingerprint density at radius 3 is 1.65 bits per heavy atom. The molecule has 0 fully saturated rings. The summed E-state index contributed by atoms with van der Waals surface area (Å²) in [6.07, 6.45) is 1.81. The van der Waals surface area contributed by atoms with Crippen LogP contribution in [0.2, 0.25) is 0 Å². The Morgan fingerprint density at radius 1 is 0.674 bits per heavy atom. The van der Waals surface area contributed by atoms with Gasteiger partial charge >= 0.3 is 0 Å². The average molecular weight is 615 g/mol. The molecule has 6 amide bonds. The summed E-state index contributed by atoms with van der Waals surface area (Å²) >= 11 is 0. The second-order valence-corrected chi connectivity index (χ2v) is 11.6. The number of unbranched alkanes of at least 4 members (excludes halogenated alkanes) is 1. The zero-order valence-corrected chi connectivity index (χ0v) is 26.6. The molecular formula is C28H54N8O7. The van der Waals surface area contributed by atoms with Crippen LogP contribution in [0.1, 0.15) is 74.1 Å². The van der Waals surface area contributed by atoms with Gasteiger partial charge in [0.15, 0.2) is 0 Å². The van der Waals surface area contributed by atoms with Crippen LogP contribution in [-0.2, 0) is 28.8 Å². The van der Waals surface area contributed by atoms with Gasteiger partial charge in [0.05, 0.1) is 6.61 Å². The first kappa shape index (κ1) is 39.7. The fourth-order valence-corrected chi connectivity index (χ4v) is 4.07. The molecule has 0 aromatic rings. The van der Waals surface area contributed by atoms with Gasteiger partial charge in [0.1, 0.15) is 36.3 Å². The van der Waals surface area contributed by atoms with Crippen LogP contribution in [0, 0.1) is 17.8 Å². The Hall–Kier alpha value is -3.30. The van der Waals surface area contributed by atoms with Crippen molar-refractivity contribution in [3.8, 4) is 0 Å². The van der Waals surface area contributed by atoms with Crippen LogP contribution in [-0.4, -0.2) is 90.0 Å². The number of aliphatic hydroxyl groups excluding tert-OH is 1. The van der Waals surface area contributed by atoms with E-state index < -0.39 is 84.2 Å². The molecule has 0 aliphatic heterocycles. The third-order valence-corrected chi connectivity index (χ3v) is 7.18. The van der Waals surface area contributed by atoms with E-state index in [4.69, 9.17) is 17.2 Å². The van der Waals surface area contributed by atoms with Gasteiger partial charge in [-0.3, -0.25) is 28.8 Å². The van der Waals surface area contributed by atoms with Crippen molar-refractivity contribution in [2.45, 2.75) is 110 Å². The lowest BCUT2D eigenvalue weighted by Crippen LogP contribution is -2.61. The summed E-state index contributed by atoms with van der Waals surface area (Å²) in [5, 5.41) is 22.2. The van der Waals surface area contributed by atoms with Gasteiger partial charge in [-0.2, -0.15) is 0 Å². The van der Waals surface area contributed by atoms with Gasteiger partial charge in [-0.15, -0.1) is 0 Å². The number of carbonyl (C=O) groups is 6. The lowest BCUT2D eigenvalue weighted by atomic mass is 9.96. The largest absolute Gasteiger partial charge is 0.394 e. The van der Waals surface area contributed by atoms with Crippen LogP contribution < -0.4 is 43.8 Å². The zero-order chi connectivity index (χ0) is 33.4. The van der Waals surface area contributed by atoms with Crippen molar-refractivity contribution in [1.29, 1.82) is 0 Å². The average Bonchev–Trinajstić information content (AvgIpc) is 2.94. The molecule has 0 aliphatic rings. The van der Waals surface area contributed by atoms with E-state index in [1.165, 1.54) is 6.92 Å². The summed E-state index contributed by atoms with van der Waals surface area (Å²) in [4.78, 5) is 76.5. The Kier molecular flexibility index (Phi) is 18.3. The predicted molar refractivity (Wildman–Crippen MR) is 162 cm³/mol. The molecule has 0 saturated heterocycles. The van der Waals surface area contributed by atoms with Gasteiger partial charge in [-0.05, 0) is 50.5 Å². The first-order chi connectivity index (χ1) is 20.0. The van der Waals surface area contributed by atoms with Gasteiger partial charge < -0.3 is 48.9 Å². The van der Waals surface area contributed by atoms with E-state index in [-0.39, 0.29) is 18.3 Å². The molecule has 0 aliphatic carbocycles. The molecule has 0 spiro atoms. The highest BCUT2D eigenvalue weighted by Gasteiger charge is 2.34. The molecule has 15 nitrogen and oxygen atoms in total. The summed E-state index contributed by atoms with van der Waals surface area (Å²) < 4.78 is 0. The normalized spacial score (nSPS) is 16.2. The van der Waals surface area contributed by atoms with Gasteiger partial charge in [-0.1, -0.05) is 48.0 Å². The highest BCUT2D eigenvalue weighted by atomic mass is 16.3. The van der Waals surface area contributed by atoms with Crippen LogP contribution in [0.3, 0.4) is 0 Å². The molecule has 12 N–H and O–H groups in total. The third-order valence-electron chi connectivity index (χ3n) is 7.18. The molecular weight excluding hydrogens is 560 g/mol. The second-order valence-electron chi connectivity index (χ2n) is 11.6. The third kappa shape index (κ3) is 13.7. The Morgan fingerprint density at radius 2 is 1.19 bits per heavy atom. The first-order valence-corrected chi connectivity index (χ1v) is 14.9. The van der Waals surface area contributed by atoms with Crippen LogP contribution in [0.15, 0.2) is 0 Å². The maximum absolute atomic E-state index is 13.4. The summed E-state index contributed by atoms with van der Waals surface area (Å²) in [7, 11) is 0. The lowest BCUT2D eigenvalue weighted by molar-refractivity contribution is -0.136. The van der Waals surface area contributed by atoms with E-state index in [9.17, 15) is 33.9 Å². The molecule has 0 rings (SSSR count). The molecule has 0 radical (unpaired) electrons. The van der Waals surface area contributed by atoms with Crippen LogP contribution in [0.25, 0.3) is 0 Å². The van der Waals surface area contributed by atoms with Crippen molar-refractivity contribution in [2.75, 3.05) is 13.2 Å². The van der Waals surface area contributed by atoms with Crippen LogP contribution >= 0.6 is 0 Å². The van der Waals surface area contributed by atoms with Crippen molar-refractivity contribution in [3.05, 3.63) is 0 Å². The number of hydrogen-bond donors (Lipinski definition) is 9. The Balaban J connectivity index is 5.79. The van der Waals surface area contributed by atoms with Gasteiger partial charge in [0.25, 0.3) is 0 Å². The van der Waals surface area contributed by atoms with E-state index in [1.807, 2.05) is 6.92 Å². The fourth-order valence-electron chi connectivity index (χ4n) is 4.07. The molecule has 0 heterocycles. The Bertz CT molecular complexity index is 946. The second kappa shape index (κ2) is 19.8. The summed E-state index contributed by atoms with van der Waals surface area (Å²) in [6, 6.07) is -6.35. The van der Waals surface area contributed by atoms with Gasteiger partial charge in [-0.25, -0.2) is 0 Å². The van der Waals surface area contributed by atoms with E-state index in [0.29, 0.717) is 25.8 Å². The molecule has 0 bridgehead atoms. The minimum Gasteiger partial charge on any atom is -0.394 e. The molecule has 0 aromatic heterocycles. The molecule has 7 atom stereocenters. The molecule has 0 aromatic carbocycles. The van der Waals surface area contributed by atoms with E-state index in [2.05, 4.69) is 26.6 Å². The number of nitrogens with one attached hydrogen (secondary N) is 5. The minimum absolute atomic E-state index is 0.209. The van der Waals surface area contributed by atoms with Crippen molar-refractivity contribution < 1.29 is 33.9 Å². The van der Waals surface area contributed by atoms with Crippen LogP contribution in [0.4, 0.5) is 0 Å². The predicted octanol–water partition coefficient (Wildman–Crippen LogP) is -2.28. The molecule has 7 unspecified atom stereocenters. The van der Waals surface area contributed by atoms with E-state index in [0.717, 1.165) is 0 Å². The maximum Gasteiger partial charge on any atom is 0.243 e. The summed E-state index contributed by atoms with van der Waals surface area (Å²) in [5.41, 5.74) is 16.6. The molecule has 15 heteroatoms. The quantitative estimate of drug-likeness (QED) is 0.0668. The van der Waals surface area contributed by atoms with E-state index in [1.54, 1.807) is 34.6 Å². The van der Waals surface area contributed by atoms with Crippen molar-refractivity contribution >= 4 is 35.4 Å². The number of rotatable bonds is 20. The standard InChI is InChI=1S/C28H54N8O7/c1-8-16(6)22(36-25(40)18(30)13-37)28(43)33-19(11-9-10-12-29)26(41)35-21(15(4)5)27(42)32-17(7)24(39)34-20(14(2)3)23(31)38/h14-22,37H,8-13,29-30H2,1-7H3,(H2,31,38)(H,32,42)(H,33,43)(H,34,39)(H,35,41)(H,36,40). The van der Waals surface area contributed by atoms with Crippen LogP contribution in [0.5, 0.6) is 0 Å². The van der Waals surface area contributed by atoms with Crippen molar-refractivity contribution in [1.82, 2.24) is 26.6 Å². The minimum atomic E-state index is -1.22. The maximum atomic E-state index is 13.4. The number of carbonyl (C=O) groups excluding carboxylic acids is 6. The van der Waals surface area contributed by atoms with Gasteiger partial charge in [0.2, 0.25) is 35.4 Å². The SMILES string of the molecule is CCC(C)C(NC(=O)C(N)CO)C(=O)NC(CCCCN)C(=O)NC(C(=O)NC(C)C(=O)NC(C(N)=O)C(C)C)C(C)C. The highest BCUT2D eigenvalue weighted by molar-refractivity contribution is 5.96. The topological polar surface area (TPSA) is 261 Å². The Labute approximate surface area is 254 Å². The smallest absolute Gasteiger partial charge is 0.243 e. The molecule has 43 heavy (non-hydrogen) atoms. The highest BCUT2D eigenvalue weighted by Crippen LogP contribution is 2.11. The fraction of sp³-hybridized carbons (Fsp3) is 0.786.